The van der Waals surface area contributed by atoms with Crippen LogP contribution < -0.4 is 0 Å². The van der Waals surface area contributed by atoms with E-state index in [0.29, 0.717) is 35.1 Å². The number of hydrogen-bond donors (Lipinski definition) is 0. The standard InChI is InChI=1S/C14H9ClFN5O/c1-7-18-19-14-9-4-8(16)2-3-10(9)21-6-17-12(13(15)22)11(21)5-20(7)14/h2-4,6H,5H2,1H3. The Morgan fingerprint density at radius 2 is 2.18 bits per heavy atom. The lowest BCUT2D eigenvalue weighted by molar-refractivity contribution is 0.107. The molecule has 3 aromatic rings. The maximum absolute atomic E-state index is 13.7. The summed E-state index contributed by atoms with van der Waals surface area (Å²) in [6.45, 7) is 2.13. The molecule has 0 amide bonds. The monoisotopic (exact) mass is 317 g/mol. The molecular weight excluding hydrogens is 309 g/mol. The first-order valence-electron chi connectivity index (χ1n) is 6.52. The fourth-order valence-electron chi connectivity index (χ4n) is 2.71. The quantitative estimate of drug-likeness (QED) is 0.505. The molecule has 110 valence electrons. The molecule has 1 aliphatic heterocycles. The average Bonchev–Trinajstić information content (AvgIpc) is 3.01. The lowest BCUT2D eigenvalue weighted by Crippen LogP contribution is -2.08. The fraction of sp³-hybridized carbons (Fsp3) is 0.143. The van der Waals surface area contributed by atoms with E-state index in [9.17, 15) is 9.18 Å². The summed E-state index contributed by atoms with van der Waals surface area (Å²) in [6.07, 6.45) is 1.51. The van der Waals surface area contributed by atoms with E-state index < -0.39 is 5.24 Å². The van der Waals surface area contributed by atoms with Gasteiger partial charge in [-0.3, -0.25) is 9.36 Å². The molecule has 4 rings (SSSR count). The number of aromatic nitrogens is 5. The average molecular weight is 318 g/mol. The molecule has 0 unspecified atom stereocenters. The van der Waals surface area contributed by atoms with E-state index >= 15 is 0 Å². The van der Waals surface area contributed by atoms with Gasteiger partial charge in [0.15, 0.2) is 5.82 Å². The topological polar surface area (TPSA) is 65.6 Å². The first kappa shape index (κ1) is 13.1. The summed E-state index contributed by atoms with van der Waals surface area (Å²) in [4.78, 5) is 15.7. The number of aryl methyl sites for hydroxylation is 1. The Kier molecular flexibility index (Phi) is 2.67. The first-order chi connectivity index (χ1) is 10.6. The van der Waals surface area contributed by atoms with Gasteiger partial charge in [0.05, 0.1) is 17.9 Å². The highest BCUT2D eigenvalue weighted by Crippen LogP contribution is 2.32. The number of hydrogen-bond acceptors (Lipinski definition) is 4. The van der Waals surface area contributed by atoms with Crippen molar-refractivity contribution in [2.75, 3.05) is 0 Å². The second-order valence-corrected chi connectivity index (χ2v) is 5.35. The molecule has 8 heteroatoms. The Morgan fingerprint density at radius 3 is 2.95 bits per heavy atom. The number of halogens is 2. The maximum Gasteiger partial charge on any atom is 0.272 e. The molecule has 0 spiro atoms. The molecule has 0 bridgehead atoms. The molecule has 0 atom stereocenters. The van der Waals surface area contributed by atoms with Crippen LogP contribution >= 0.6 is 11.6 Å². The van der Waals surface area contributed by atoms with Crippen molar-refractivity contribution in [3.05, 3.63) is 47.6 Å². The predicted octanol–water partition coefficient (Wildman–Crippen LogP) is 2.32. The highest BCUT2D eigenvalue weighted by molar-refractivity contribution is 6.67. The van der Waals surface area contributed by atoms with Gasteiger partial charge in [0, 0.05) is 5.56 Å². The van der Waals surface area contributed by atoms with Gasteiger partial charge in [-0.1, -0.05) is 0 Å². The van der Waals surface area contributed by atoms with Gasteiger partial charge in [-0.25, -0.2) is 9.37 Å². The maximum atomic E-state index is 13.7. The number of imidazole rings is 1. The molecule has 0 aliphatic carbocycles. The van der Waals surface area contributed by atoms with E-state index in [4.69, 9.17) is 11.6 Å². The molecule has 2 aromatic heterocycles. The molecule has 1 aliphatic rings. The number of rotatable bonds is 1. The summed E-state index contributed by atoms with van der Waals surface area (Å²) in [5.74, 6) is 0.833. The van der Waals surface area contributed by atoms with Crippen molar-refractivity contribution >= 4 is 16.8 Å². The molecule has 0 fully saturated rings. The van der Waals surface area contributed by atoms with Crippen LogP contribution in [0.15, 0.2) is 24.5 Å². The smallest absolute Gasteiger partial charge is 0.272 e. The zero-order valence-electron chi connectivity index (χ0n) is 11.4. The number of nitrogens with zero attached hydrogens (tertiary/aromatic N) is 5. The fourth-order valence-corrected chi connectivity index (χ4v) is 2.87. The van der Waals surface area contributed by atoms with Crippen molar-refractivity contribution in [1.82, 2.24) is 24.3 Å². The minimum Gasteiger partial charge on any atom is -0.305 e. The molecule has 0 saturated carbocycles. The number of carbonyl (C=O) groups excluding carboxylic acids is 1. The van der Waals surface area contributed by atoms with Crippen molar-refractivity contribution in [3.63, 3.8) is 0 Å². The lowest BCUT2D eigenvalue weighted by Gasteiger charge is -2.08. The van der Waals surface area contributed by atoms with Crippen LogP contribution in [-0.4, -0.2) is 29.6 Å². The highest BCUT2D eigenvalue weighted by Gasteiger charge is 2.26. The van der Waals surface area contributed by atoms with Gasteiger partial charge in [0.2, 0.25) is 0 Å². The number of benzene rings is 1. The number of fused-ring (bicyclic) bond motifs is 5. The second-order valence-electron chi connectivity index (χ2n) is 5.00. The van der Waals surface area contributed by atoms with Gasteiger partial charge in [0.25, 0.3) is 5.24 Å². The van der Waals surface area contributed by atoms with E-state index in [0.717, 1.165) is 0 Å². The van der Waals surface area contributed by atoms with E-state index in [-0.39, 0.29) is 11.5 Å². The van der Waals surface area contributed by atoms with E-state index in [2.05, 4.69) is 15.2 Å². The summed E-state index contributed by atoms with van der Waals surface area (Å²) in [5.41, 5.74) is 2.07. The zero-order valence-corrected chi connectivity index (χ0v) is 12.2. The summed E-state index contributed by atoms with van der Waals surface area (Å²) < 4.78 is 17.2. The van der Waals surface area contributed by atoms with Crippen molar-refractivity contribution < 1.29 is 9.18 Å². The van der Waals surface area contributed by atoms with E-state index in [1.54, 1.807) is 17.6 Å². The van der Waals surface area contributed by atoms with Crippen LogP contribution in [0.5, 0.6) is 0 Å². The molecule has 0 N–H and O–H groups in total. The molecule has 1 aromatic carbocycles. The van der Waals surface area contributed by atoms with Crippen LogP contribution in [0.3, 0.4) is 0 Å². The normalized spacial score (nSPS) is 12.3. The highest BCUT2D eigenvalue weighted by atomic mass is 35.5. The molecule has 6 nitrogen and oxygen atoms in total. The van der Waals surface area contributed by atoms with Crippen molar-refractivity contribution in [2.45, 2.75) is 13.5 Å². The van der Waals surface area contributed by atoms with Crippen LogP contribution in [-0.2, 0) is 6.54 Å². The summed E-state index contributed by atoms with van der Waals surface area (Å²) >= 11 is 5.61. The van der Waals surface area contributed by atoms with Crippen molar-refractivity contribution in [3.8, 4) is 17.1 Å². The Morgan fingerprint density at radius 1 is 1.36 bits per heavy atom. The Hall–Kier alpha value is -2.54. The molecule has 0 saturated heterocycles. The van der Waals surface area contributed by atoms with E-state index in [1.165, 1.54) is 18.5 Å². The van der Waals surface area contributed by atoms with Crippen LogP contribution in [0.25, 0.3) is 17.1 Å². The SMILES string of the molecule is Cc1nnc2n1Cc1c(C(=O)Cl)ncn1-c1ccc(F)cc1-2. The zero-order chi connectivity index (χ0) is 15.4. The van der Waals surface area contributed by atoms with Crippen LogP contribution in [0.2, 0.25) is 0 Å². The van der Waals surface area contributed by atoms with Crippen LogP contribution in [0, 0.1) is 12.7 Å². The van der Waals surface area contributed by atoms with Crippen LogP contribution in [0.1, 0.15) is 22.0 Å². The Bertz CT molecular complexity index is 929. The first-order valence-corrected chi connectivity index (χ1v) is 6.90. The minimum absolute atomic E-state index is 0.179. The third-order valence-corrected chi connectivity index (χ3v) is 3.93. The van der Waals surface area contributed by atoms with Gasteiger partial charge in [-0.15, -0.1) is 10.2 Å². The summed E-state index contributed by atoms with van der Waals surface area (Å²) in [5, 5.41) is 7.54. The summed E-state index contributed by atoms with van der Waals surface area (Å²) in [6, 6.07) is 4.37. The van der Waals surface area contributed by atoms with Gasteiger partial charge in [0.1, 0.15) is 23.7 Å². The molecule has 0 radical (unpaired) electrons. The Labute approximate surface area is 129 Å². The molecule has 3 heterocycles. The van der Waals surface area contributed by atoms with Gasteiger partial charge < -0.3 is 4.57 Å². The number of carbonyl (C=O) groups is 1. The van der Waals surface area contributed by atoms with Crippen molar-refractivity contribution in [1.29, 1.82) is 0 Å². The third-order valence-electron chi connectivity index (χ3n) is 3.76. The van der Waals surface area contributed by atoms with E-state index in [1.807, 2.05) is 4.57 Å². The molecular formula is C14H9ClFN5O. The third kappa shape index (κ3) is 1.72. The van der Waals surface area contributed by atoms with Gasteiger partial charge in [-0.2, -0.15) is 0 Å². The largest absolute Gasteiger partial charge is 0.305 e. The minimum atomic E-state index is -0.633. The van der Waals surface area contributed by atoms with Crippen LogP contribution in [0.4, 0.5) is 4.39 Å². The van der Waals surface area contributed by atoms with Gasteiger partial charge >= 0.3 is 0 Å². The van der Waals surface area contributed by atoms with Crippen molar-refractivity contribution in [2.24, 2.45) is 0 Å². The Balaban J connectivity index is 2.11. The lowest BCUT2D eigenvalue weighted by atomic mass is 10.1. The van der Waals surface area contributed by atoms with Gasteiger partial charge in [-0.05, 0) is 36.7 Å². The second kappa shape index (κ2) is 4.48. The molecule has 22 heavy (non-hydrogen) atoms. The summed E-state index contributed by atoms with van der Waals surface area (Å²) in [7, 11) is 0. The predicted molar refractivity (Wildman–Crippen MR) is 76.6 cm³/mol.